The van der Waals surface area contributed by atoms with E-state index in [1.54, 1.807) is 12.1 Å². The first-order valence-electron chi connectivity index (χ1n) is 7.68. The molecule has 4 atom stereocenters. The molecule has 0 unspecified atom stereocenters. The summed E-state index contributed by atoms with van der Waals surface area (Å²) in [6.07, 6.45) is 3.77. The minimum atomic E-state index is -0.490. The van der Waals surface area contributed by atoms with Gasteiger partial charge in [-0.25, -0.2) is 0 Å². The standard InChI is InChI=1S/C18H24O3/c1-5-17(4)10-11-18(12(2)3)20-15(16(17)21-18)13-6-8-14(19)9-7-13/h5-9,12,15-16,19H,1,10-11H2,2-4H3/t15-,16+,17+,18-/m1/s1. The zero-order valence-corrected chi connectivity index (χ0v) is 13.0. The van der Waals surface area contributed by atoms with E-state index in [2.05, 4.69) is 27.4 Å². The number of ether oxygens (including phenoxy) is 2. The monoisotopic (exact) mass is 288 g/mol. The van der Waals surface area contributed by atoms with Gasteiger partial charge in [0.05, 0.1) is 0 Å². The van der Waals surface area contributed by atoms with Crippen molar-refractivity contribution in [2.45, 2.75) is 51.6 Å². The molecule has 2 heterocycles. The molecule has 1 N–H and O–H groups in total. The van der Waals surface area contributed by atoms with E-state index in [4.69, 9.17) is 9.47 Å². The lowest BCUT2D eigenvalue weighted by molar-refractivity contribution is -0.235. The Morgan fingerprint density at radius 2 is 1.90 bits per heavy atom. The van der Waals surface area contributed by atoms with E-state index in [-0.39, 0.29) is 23.4 Å². The zero-order valence-electron chi connectivity index (χ0n) is 13.0. The summed E-state index contributed by atoms with van der Waals surface area (Å²) in [5.41, 5.74) is 0.965. The van der Waals surface area contributed by atoms with E-state index in [9.17, 15) is 5.11 Å². The average molecular weight is 288 g/mol. The van der Waals surface area contributed by atoms with Crippen molar-refractivity contribution in [1.82, 2.24) is 0 Å². The third-order valence-corrected chi connectivity index (χ3v) is 5.16. The summed E-state index contributed by atoms with van der Waals surface area (Å²) in [6, 6.07) is 7.24. The van der Waals surface area contributed by atoms with Crippen LogP contribution in [-0.4, -0.2) is 17.0 Å². The van der Waals surface area contributed by atoms with Gasteiger partial charge in [-0.1, -0.05) is 39.0 Å². The van der Waals surface area contributed by atoms with Crippen LogP contribution in [0.4, 0.5) is 0 Å². The highest BCUT2D eigenvalue weighted by Crippen LogP contribution is 2.56. The predicted octanol–water partition coefficient (Wildman–Crippen LogP) is 4.19. The van der Waals surface area contributed by atoms with Crippen LogP contribution in [0.25, 0.3) is 0 Å². The van der Waals surface area contributed by atoms with Gasteiger partial charge in [0.1, 0.15) is 18.0 Å². The van der Waals surface area contributed by atoms with Crippen molar-refractivity contribution in [1.29, 1.82) is 0 Å². The van der Waals surface area contributed by atoms with Crippen molar-refractivity contribution in [2.24, 2.45) is 11.3 Å². The molecule has 0 aliphatic carbocycles. The molecule has 0 radical (unpaired) electrons. The average Bonchev–Trinajstić information content (AvgIpc) is 2.82. The molecular formula is C18H24O3. The first-order valence-corrected chi connectivity index (χ1v) is 7.68. The number of aromatic hydroxyl groups is 1. The van der Waals surface area contributed by atoms with Gasteiger partial charge in [-0.05, 0) is 24.1 Å². The van der Waals surface area contributed by atoms with Crippen LogP contribution in [0.3, 0.4) is 0 Å². The van der Waals surface area contributed by atoms with E-state index in [0.717, 1.165) is 18.4 Å². The number of benzene rings is 1. The Morgan fingerprint density at radius 3 is 2.48 bits per heavy atom. The van der Waals surface area contributed by atoms with Crippen LogP contribution in [0, 0.1) is 11.3 Å². The highest BCUT2D eigenvalue weighted by atomic mass is 16.8. The van der Waals surface area contributed by atoms with Gasteiger partial charge < -0.3 is 14.6 Å². The van der Waals surface area contributed by atoms with Gasteiger partial charge >= 0.3 is 0 Å². The lowest BCUT2D eigenvalue weighted by Gasteiger charge is -2.42. The van der Waals surface area contributed by atoms with Gasteiger partial charge in [-0.15, -0.1) is 6.58 Å². The summed E-state index contributed by atoms with van der Waals surface area (Å²) in [7, 11) is 0. The Bertz CT molecular complexity index is 536. The van der Waals surface area contributed by atoms with Crippen molar-refractivity contribution in [2.75, 3.05) is 0 Å². The summed E-state index contributed by atoms with van der Waals surface area (Å²) in [5, 5.41) is 9.49. The fraction of sp³-hybridized carbons (Fsp3) is 0.556. The van der Waals surface area contributed by atoms with Gasteiger partial charge in [-0.2, -0.15) is 0 Å². The van der Waals surface area contributed by atoms with Crippen LogP contribution in [0.5, 0.6) is 5.75 Å². The maximum absolute atomic E-state index is 9.49. The van der Waals surface area contributed by atoms with Crippen molar-refractivity contribution >= 4 is 0 Å². The lowest BCUT2D eigenvalue weighted by atomic mass is 9.74. The summed E-state index contributed by atoms with van der Waals surface area (Å²) >= 11 is 0. The Labute approximate surface area is 126 Å². The number of hydrogen-bond donors (Lipinski definition) is 1. The van der Waals surface area contributed by atoms with Crippen LogP contribution in [0.1, 0.15) is 45.3 Å². The van der Waals surface area contributed by atoms with Gasteiger partial charge in [0, 0.05) is 17.8 Å². The molecule has 0 saturated carbocycles. The van der Waals surface area contributed by atoms with E-state index >= 15 is 0 Å². The number of rotatable bonds is 3. The molecule has 0 aromatic heterocycles. The molecule has 2 aliphatic heterocycles. The van der Waals surface area contributed by atoms with Crippen LogP contribution in [0.15, 0.2) is 36.9 Å². The van der Waals surface area contributed by atoms with E-state index < -0.39 is 5.79 Å². The zero-order chi connectivity index (χ0) is 15.3. The minimum absolute atomic E-state index is 0.0318. The Balaban J connectivity index is 2.00. The SMILES string of the molecule is C=C[C@@]1(C)CC[C@@]2(C(C)C)O[C@H](c3ccc(O)cc3)[C@@H]1O2. The quantitative estimate of drug-likeness (QED) is 0.848. The lowest BCUT2D eigenvalue weighted by Crippen LogP contribution is -2.46. The number of phenolic OH excluding ortho intramolecular Hbond substituents is 1. The maximum atomic E-state index is 9.49. The van der Waals surface area contributed by atoms with E-state index in [0.29, 0.717) is 5.92 Å². The molecule has 0 amide bonds. The first kappa shape index (κ1) is 14.6. The largest absolute Gasteiger partial charge is 0.508 e. The Hall–Kier alpha value is -1.32. The summed E-state index contributed by atoms with van der Waals surface area (Å²) in [4.78, 5) is 0. The molecular weight excluding hydrogens is 264 g/mol. The first-order chi connectivity index (χ1) is 9.90. The highest BCUT2D eigenvalue weighted by molar-refractivity contribution is 5.30. The van der Waals surface area contributed by atoms with Crippen LogP contribution < -0.4 is 0 Å². The Morgan fingerprint density at radius 1 is 1.24 bits per heavy atom. The third kappa shape index (κ3) is 2.19. The summed E-state index contributed by atoms with van der Waals surface area (Å²) in [5.74, 6) is 0.0811. The second-order valence-corrected chi connectivity index (χ2v) is 6.84. The van der Waals surface area contributed by atoms with Crippen molar-refractivity contribution < 1.29 is 14.6 Å². The fourth-order valence-electron chi connectivity index (χ4n) is 3.45. The summed E-state index contributed by atoms with van der Waals surface area (Å²) in [6.45, 7) is 10.5. The number of fused-ring (bicyclic) bond motifs is 2. The minimum Gasteiger partial charge on any atom is -0.508 e. The van der Waals surface area contributed by atoms with E-state index in [1.807, 2.05) is 18.2 Å². The molecule has 1 aromatic carbocycles. The van der Waals surface area contributed by atoms with Crippen LogP contribution in [-0.2, 0) is 9.47 Å². The van der Waals surface area contributed by atoms with Gasteiger partial charge in [0.25, 0.3) is 0 Å². The molecule has 0 spiro atoms. The number of hydrogen-bond acceptors (Lipinski definition) is 3. The molecule has 2 fully saturated rings. The second kappa shape index (κ2) is 4.85. The summed E-state index contributed by atoms with van der Waals surface area (Å²) < 4.78 is 12.8. The normalized spacial score (nSPS) is 38.7. The van der Waals surface area contributed by atoms with Gasteiger partial charge in [0.15, 0.2) is 5.79 Å². The number of phenols is 1. The molecule has 2 bridgehead atoms. The Kier molecular flexibility index (Phi) is 3.38. The molecule has 2 saturated heterocycles. The second-order valence-electron chi connectivity index (χ2n) is 6.84. The van der Waals surface area contributed by atoms with Gasteiger partial charge in [0.2, 0.25) is 0 Å². The smallest absolute Gasteiger partial charge is 0.172 e. The van der Waals surface area contributed by atoms with Gasteiger partial charge in [-0.3, -0.25) is 0 Å². The molecule has 114 valence electrons. The van der Waals surface area contributed by atoms with Crippen LogP contribution >= 0.6 is 0 Å². The molecule has 3 heteroatoms. The molecule has 3 nitrogen and oxygen atoms in total. The molecule has 3 rings (SSSR count). The topological polar surface area (TPSA) is 38.7 Å². The van der Waals surface area contributed by atoms with Crippen LogP contribution in [0.2, 0.25) is 0 Å². The maximum Gasteiger partial charge on any atom is 0.172 e. The molecule has 2 aliphatic rings. The highest BCUT2D eigenvalue weighted by Gasteiger charge is 2.59. The predicted molar refractivity (Wildman–Crippen MR) is 81.9 cm³/mol. The van der Waals surface area contributed by atoms with Crippen molar-refractivity contribution in [3.63, 3.8) is 0 Å². The van der Waals surface area contributed by atoms with Crippen molar-refractivity contribution in [3.05, 3.63) is 42.5 Å². The third-order valence-electron chi connectivity index (χ3n) is 5.16. The van der Waals surface area contributed by atoms with Crippen molar-refractivity contribution in [3.8, 4) is 5.75 Å². The molecule has 1 aromatic rings. The molecule has 21 heavy (non-hydrogen) atoms. The van der Waals surface area contributed by atoms with E-state index in [1.165, 1.54) is 0 Å². The fourth-order valence-corrected chi connectivity index (χ4v) is 3.45.